The van der Waals surface area contributed by atoms with Gasteiger partial charge in [-0.3, -0.25) is 9.59 Å². The summed E-state index contributed by atoms with van der Waals surface area (Å²) < 4.78 is 0. The fourth-order valence-electron chi connectivity index (χ4n) is 3.69. The molecule has 2 aliphatic rings. The van der Waals surface area contributed by atoms with Crippen LogP contribution >= 0.6 is 23.2 Å². The maximum atomic E-state index is 12.7. The third kappa shape index (κ3) is 3.70. The third-order valence-corrected chi connectivity index (χ3v) is 5.77. The number of carbonyl (C=O) groups is 2. The SMILES string of the molecule is CC(Cc1ccc(Cl)cc1Cl)C(=O)N1C[C@H](C(=O)O)[C@@H](C2CC2)C1. The summed E-state index contributed by atoms with van der Waals surface area (Å²) in [4.78, 5) is 26.0. The highest BCUT2D eigenvalue weighted by molar-refractivity contribution is 6.35. The van der Waals surface area contributed by atoms with Crippen LogP contribution in [0.1, 0.15) is 25.3 Å². The molecule has 1 aromatic rings. The molecule has 1 saturated carbocycles. The summed E-state index contributed by atoms with van der Waals surface area (Å²) in [6, 6.07) is 5.28. The molecule has 1 aromatic carbocycles. The maximum Gasteiger partial charge on any atom is 0.308 e. The van der Waals surface area contributed by atoms with Crippen LogP contribution in [0.5, 0.6) is 0 Å². The summed E-state index contributed by atoms with van der Waals surface area (Å²) in [5.41, 5.74) is 0.884. The molecule has 1 aliphatic carbocycles. The molecule has 2 fully saturated rings. The highest BCUT2D eigenvalue weighted by Gasteiger charge is 2.47. The van der Waals surface area contributed by atoms with Crippen LogP contribution < -0.4 is 0 Å². The van der Waals surface area contributed by atoms with E-state index in [1.165, 1.54) is 0 Å². The van der Waals surface area contributed by atoms with Gasteiger partial charge in [0.05, 0.1) is 5.92 Å². The number of benzene rings is 1. The van der Waals surface area contributed by atoms with E-state index in [9.17, 15) is 14.7 Å². The van der Waals surface area contributed by atoms with Crippen LogP contribution in [0.15, 0.2) is 18.2 Å². The first-order valence-electron chi connectivity index (χ1n) is 8.32. The monoisotopic (exact) mass is 369 g/mol. The van der Waals surface area contributed by atoms with E-state index in [0.29, 0.717) is 35.5 Å². The first kappa shape index (κ1) is 17.6. The largest absolute Gasteiger partial charge is 0.481 e. The third-order valence-electron chi connectivity index (χ3n) is 5.18. The van der Waals surface area contributed by atoms with Gasteiger partial charge in [0.15, 0.2) is 0 Å². The van der Waals surface area contributed by atoms with Gasteiger partial charge < -0.3 is 10.0 Å². The van der Waals surface area contributed by atoms with Crippen LogP contribution in [0.3, 0.4) is 0 Å². The highest BCUT2D eigenvalue weighted by atomic mass is 35.5. The van der Waals surface area contributed by atoms with Crippen LogP contribution in [0.2, 0.25) is 10.0 Å². The molecule has 1 amide bonds. The van der Waals surface area contributed by atoms with Gasteiger partial charge in [-0.25, -0.2) is 0 Å². The highest BCUT2D eigenvalue weighted by Crippen LogP contribution is 2.44. The summed E-state index contributed by atoms with van der Waals surface area (Å²) in [6.07, 6.45) is 2.70. The normalized spacial score (nSPS) is 24.9. The molecule has 0 spiro atoms. The lowest BCUT2D eigenvalue weighted by atomic mass is 9.92. The molecular weight excluding hydrogens is 349 g/mol. The lowest BCUT2D eigenvalue weighted by molar-refractivity contribution is -0.143. The molecule has 1 aliphatic heterocycles. The number of hydrogen-bond donors (Lipinski definition) is 1. The quantitative estimate of drug-likeness (QED) is 0.859. The number of carboxylic acids is 1. The number of halogens is 2. The molecule has 0 radical (unpaired) electrons. The summed E-state index contributed by atoms with van der Waals surface area (Å²) in [6.45, 7) is 2.76. The average Bonchev–Trinajstić information content (AvgIpc) is 3.27. The number of carbonyl (C=O) groups excluding carboxylic acids is 1. The first-order chi connectivity index (χ1) is 11.4. The molecule has 4 nitrogen and oxygen atoms in total. The molecule has 1 heterocycles. The zero-order chi connectivity index (χ0) is 17.4. The van der Waals surface area contributed by atoms with Crippen LogP contribution in [0, 0.1) is 23.7 Å². The minimum atomic E-state index is -0.782. The Kier molecular flexibility index (Phi) is 5.07. The van der Waals surface area contributed by atoms with Gasteiger partial charge >= 0.3 is 5.97 Å². The van der Waals surface area contributed by atoms with Crippen LogP contribution in [0.4, 0.5) is 0 Å². The minimum absolute atomic E-state index is 0.00965. The van der Waals surface area contributed by atoms with Crippen molar-refractivity contribution < 1.29 is 14.7 Å². The van der Waals surface area contributed by atoms with E-state index >= 15 is 0 Å². The predicted octanol–water partition coefficient (Wildman–Crippen LogP) is 3.74. The van der Waals surface area contributed by atoms with Crippen molar-refractivity contribution in [3.05, 3.63) is 33.8 Å². The number of amides is 1. The Bertz CT molecular complexity index is 660. The van der Waals surface area contributed by atoms with Gasteiger partial charge in [0.25, 0.3) is 0 Å². The predicted molar refractivity (Wildman–Crippen MR) is 93.2 cm³/mol. The Hall–Kier alpha value is -1.26. The molecule has 3 atom stereocenters. The van der Waals surface area contributed by atoms with E-state index in [0.717, 1.165) is 18.4 Å². The van der Waals surface area contributed by atoms with Crippen molar-refractivity contribution in [1.82, 2.24) is 4.90 Å². The fourth-order valence-corrected chi connectivity index (χ4v) is 4.17. The Morgan fingerprint density at radius 3 is 2.58 bits per heavy atom. The Labute approximate surface area is 151 Å². The number of hydrogen-bond acceptors (Lipinski definition) is 2. The number of likely N-dealkylation sites (tertiary alicyclic amines) is 1. The van der Waals surface area contributed by atoms with Crippen molar-refractivity contribution in [1.29, 1.82) is 0 Å². The van der Waals surface area contributed by atoms with Gasteiger partial charge in [0.1, 0.15) is 0 Å². The Morgan fingerprint density at radius 2 is 2.00 bits per heavy atom. The van der Waals surface area contributed by atoms with Crippen molar-refractivity contribution in [3.8, 4) is 0 Å². The van der Waals surface area contributed by atoms with Crippen LogP contribution in [-0.4, -0.2) is 35.0 Å². The van der Waals surface area contributed by atoms with Gasteiger partial charge in [-0.2, -0.15) is 0 Å². The molecule has 0 aromatic heterocycles. The summed E-state index contributed by atoms with van der Waals surface area (Å²) in [5, 5.41) is 10.6. The van der Waals surface area contributed by atoms with Gasteiger partial charge in [-0.05, 0) is 48.8 Å². The zero-order valence-corrected chi connectivity index (χ0v) is 15.1. The van der Waals surface area contributed by atoms with Gasteiger partial charge in [-0.1, -0.05) is 36.2 Å². The Balaban J connectivity index is 1.66. The van der Waals surface area contributed by atoms with E-state index in [-0.39, 0.29) is 17.7 Å². The molecule has 130 valence electrons. The number of carboxylic acid groups (broad SMARTS) is 1. The lowest BCUT2D eigenvalue weighted by Crippen LogP contribution is -2.35. The van der Waals surface area contributed by atoms with Gasteiger partial charge in [0, 0.05) is 29.1 Å². The molecule has 1 N–H and O–H groups in total. The summed E-state index contributed by atoms with van der Waals surface area (Å²) in [5.74, 6) is -0.849. The van der Waals surface area contributed by atoms with Crippen molar-refractivity contribution >= 4 is 35.1 Å². The second-order valence-corrected chi connectivity index (χ2v) is 7.87. The standard InChI is InChI=1S/C18H21Cl2NO3/c1-10(6-12-4-5-13(19)7-16(12)20)17(22)21-8-14(11-2-3-11)15(9-21)18(23)24/h4-5,7,10-11,14-15H,2-3,6,8-9H2,1H3,(H,23,24)/t10?,14-,15+/m1/s1. The number of nitrogens with zero attached hydrogens (tertiary/aromatic N) is 1. The smallest absolute Gasteiger partial charge is 0.308 e. The number of rotatable bonds is 5. The van der Waals surface area contributed by atoms with E-state index in [1.54, 1.807) is 17.0 Å². The maximum absolute atomic E-state index is 12.7. The van der Waals surface area contributed by atoms with Crippen LogP contribution in [0.25, 0.3) is 0 Å². The molecule has 3 rings (SSSR count). The van der Waals surface area contributed by atoms with Crippen molar-refractivity contribution in [2.75, 3.05) is 13.1 Å². The number of aliphatic carboxylic acids is 1. The summed E-state index contributed by atoms with van der Waals surface area (Å²) >= 11 is 12.1. The summed E-state index contributed by atoms with van der Waals surface area (Å²) in [7, 11) is 0. The topological polar surface area (TPSA) is 57.6 Å². The fraction of sp³-hybridized carbons (Fsp3) is 0.556. The van der Waals surface area contributed by atoms with Crippen molar-refractivity contribution in [2.24, 2.45) is 23.7 Å². The second-order valence-electron chi connectivity index (χ2n) is 7.03. The van der Waals surface area contributed by atoms with Crippen LogP contribution in [-0.2, 0) is 16.0 Å². The van der Waals surface area contributed by atoms with E-state index < -0.39 is 11.9 Å². The lowest BCUT2D eigenvalue weighted by Gasteiger charge is -2.21. The Morgan fingerprint density at radius 1 is 1.29 bits per heavy atom. The molecule has 1 unspecified atom stereocenters. The molecule has 1 saturated heterocycles. The van der Waals surface area contributed by atoms with Crippen molar-refractivity contribution in [2.45, 2.75) is 26.2 Å². The molecule has 6 heteroatoms. The molecule has 0 bridgehead atoms. The molecular formula is C18H21Cl2NO3. The van der Waals surface area contributed by atoms with E-state index in [4.69, 9.17) is 23.2 Å². The minimum Gasteiger partial charge on any atom is -0.481 e. The van der Waals surface area contributed by atoms with Gasteiger partial charge in [-0.15, -0.1) is 0 Å². The first-order valence-corrected chi connectivity index (χ1v) is 9.08. The average molecular weight is 370 g/mol. The van der Waals surface area contributed by atoms with E-state index in [2.05, 4.69) is 0 Å². The zero-order valence-electron chi connectivity index (χ0n) is 13.5. The van der Waals surface area contributed by atoms with Crippen molar-refractivity contribution in [3.63, 3.8) is 0 Å². The van der Waals surface area contributed by atoms with Gasteiger partial charge in [0.2, 0.25) is 5.91 Å². The second kappa shape index (κ2) is 6.93. The molecule has 24 heavy (non-hydrogen) atoms. The van der Waals surface area contributed by atoms with E-state index in [1.807, 2.05) is 13.0 Å².